The third kappa shape index (κ3) is 5.22. The van der Waals surface area contributed by atoms with E-state index in [4.69, 9.17) is 0 Å². The van der Waals surface area contributed by atoms with E-state index in [-0.39, 0.29) is 11.9 Å². The van der Waals surface area contributed by atoms with Crippen molar-refractivity contribution in [1.82, 2.24) is 10.3 Å². The molecule has 0 spiro atoms. The minimum absolute atomic E-state index is 0.0653. The summed E-state index contributed by atoms with van der Waals surface area (Å²) in [5, 5.41) is 3.17. The summed E-state index contributed by atoms with van der Waals surface area (Å²) in [7, 11) is -1.68. The Morgan fingerprint density at radius 2 is 1.78 bits per heavy atom. The highest BCUT2D eigenvalue weighted by molar-refractivity contribution is 6.90. The minimum atomic E-state index is -1.68. The Labute approximate surface area is 166 Å². The number of pyridine rings is 1. The molecule has 0 saturated heterocycles. The van der Waals surface area contributed by atoms with Crippen LogP contribution in [0.2, 0.25) is 16.6 Å². The quantitative estimate of drug-likeness (QED) is 0.531. The van der Waals surface area contributed by atoms with Gasteiger partial charge in [-0.2, -0.15) is 0 Å². The van der Waals surface area contributed by atoms with Gasteiger partial charge in [-0.25, -0.2) is 0 Å². The van der Waals surface area contributed by atoms with Crippen molar-refractivity contribution in [2.24, 2.45) is 5.92 Å². The second-order valence-electron chi connectivity index (χ2n) is 8.92. The van der Waals surface area contributed by atoms with Gasteiger partial charge in [0, 0.05) is 18.2 Å². The van der Waals surface area contributed by atoms with E-state index in [0.29, 0.717) is 28.2 Å². The van der Waals surface area contributed by atoms with Crippen molar-refractivity contribution in [3.63, 3.8) is 0 Å². The summed E-state index contributed by atoms with van der Waals surface area (Å²) in [5.74, 6) is 4.03. The van der Waals surface area contributed by atoms with Crippen LogP contribution in [0.5, 0.6) is 0 Å². The summed E-state index contributed by atoms with van der Waals surface area (Å²) < 4.78 is 0. The van der Waals surface area contributed by atoms with Gasteiger partial charge in [-0.3, -0.25) is 9.78 Å². The molecule has 0 radical (unpaired) electrons. The molecule has 1 amide bonds. The van der Waals surface area contributed by atoms with Gasteiger partial charge in [0.25, 0.3) is 5.91 Å². The summed E-state index contributed by atoms with van der Waals surface area (Å²) in [4.78, 5) is 16.6. The van der Waals surface area contributed by atoms with Crippen LogP contribution in [0.3, 0.4) is 0 Å². The topological polar surface area (TPSA) is 42.0 Å². The summed E-state index contributed by atoms with van der Waals surface area (Å²) >= 11 is 0. The molecule has 1 heterocycles. The molecule has 1 N–H and O–H groups in total. The molecular weight excluding hydrogens is 348 g/mol. The van der Waals surface area contributed by atoms with Crippen LogP contribution in [0, 0.1) is 17.4 Å². The Hall–Kier alpha value is -1.60. The van der Waals surface area contributed by atoms with Gasteiger partial charge in [-0.05, 0) is 48.0 Å². The van der Waals surface area contributed by atoms with Gasteiger partial charge in [0.2, 0.25) is 0 Å². The van der Waals surface area contributed by atoms with Crippen molar-refractivity contribution in [2.75, 3.05) is 0 Å². The summed E-state index contributed by atoms with van der Waals surface area (Å²) in [6.45, 7) is 14.2. The van der Waals surface area contributed by atoms with Crippen molar-refractivity contribution in [1.29, 1.82) is 0 Å². The van der Waals surface area contributed by atoms with Gasteiger partial charge in [-0.15, -0.1) is 11.5 Å². The summed E-state index contributed by atoms with van der Waals surface area (Å²) in [6.07, 6.45) is 5.95. The maximum atomic E-state index is 12.4. The zero-order valence-corrected chi connectivity index (χ0v) is 18.9. The standard InChI is InChI=1S/C23H36N2OSi/c1-17(2)27(18(3)4,19(5)6)15-13-20-10-9-11-21(16-20)25-23(26)22-12-7-8-14-24-22/h7-8,12,14,17-21H,9-11,16H2,1-6H3,(H,25,26). The average molecular weight is 385 g/mol. The Bertz CT molecular complexity index is 651. The van der Waals surface area contributed by atoms with E-state index in [2.05, 4.69) is 63.3 Å². The second-order valence-corrected chi connectivity index (χ2v) is 14.5. The van der Waals surface area contributed by atoms with Gasteiger partial charge in [0.05, 0.1) is 0 Å². The highest BCUT2D eigenvalue weighted by Crippen LogP contribution is 2.41. The molecule has 2 unspecified atom stereocenters. The molecule has 4 heteroatoms. The van der Waals surface area contributed by atoms with E-state index in [1.807, 2.05) is 12.1 Å². The first kappa shape index (κ1) is 21.7. The van der Waals surface area contributed by atoms with Gasteiger partial charge in [0.1, 0.15) is 13.8 Å². The molecule has 27 heavy (non-hydrogen) atoms. The second kappa shape index (κ2) is 9.55. The number of amides is 1. The highest BCUT2D eigenvalue weighted by Gasteiger charge is 2.41. The fourth-order valence-electron chi connectivity index (χ4n) is 4.87. The van der Waals surface area contributed by atoms with Crippen molar-refractivity contribution < 1.29 is 4.79 Å². The van der Waals surface area contributed by atoms with Crippen molar-refractivity contribution in [3.05, 3.63) is 30.1 Å². The summed E-state index contributed by atoms with van der Waals surface area (Å²) in [6, 6.07) is 5.66. The van der Waals surface area contributed by atoms with E-state index in [1.165, 1.54) is 0 Å². The molecular formula is C23H36N2OSi. The van der Waals surface area contributed by atoms with E-state index in [0.717, 1.165) is 25.7 Å². The van der Waals surface area contributed by atoms with Crippen molar-refractivity contribution in [3.8, 4) is 11.5 Å². The third-order valence-corrected chi connectivity index (χ3v) is 12.6. The lowest BCUT2D eigenvalue weighted by Crippen LogP contribution is -2.43. The molecule has 1 saturated carbocycles. The monoisotopic (exact) mass is 384 g/mol. The van der Waals surface area contributed by atoms with Crippen molar-refractivity contribution >= 4 is 14.0 Å². The lowest BCUT2D eigenvalue weighted by Gasteiger charge is -2.38. The predicted octanol–water partition coefficient (Wildman–Crippen LogP) is 5.59. The molecule has 0 aliphatic heterocycles. The number of carbonyl (C=O) groups is 1. The fourth-order valence-corrected chi connectivity index (χ4v) is 10.2. The fraction of sp³-hybridized carbons (Fsp3) is 0.652. The van der Waals surface area contributed by atoms with E-state index < -0.39 is 8.07 Å². The number of nitrogens with zero attached hydrogens (tertiary/aromatic N) is 1. The normalized spacial score (nSPS) is 20.5. The number of carbonyl (C=O) groups excluding carboxylic acids is 1. The van der Waals surface area contributed by atoms with Crippen molar-refractivity contribution in [2.45, 2.75) is 89.9 Å². The van der Waals surface area contributed by atoms with Gasteiger partial charge in [0.15, 0.2) is 0 Å². The molecule has 1 fully saturated rings. The third-order valence-electron chi connectivity index (χ3n) is 6.27. The highest BCUT2D eigenvalue weighted by atomic mass is 28.3. The first-order valence-corrected chi connectivity index (χ1v) is 12.7. The first-order valence-electron chi connectivity index (χ1n) is 10.5. The molecule has 1 aliphatic carbocycles. The van der Waals surface area contributed by atoms with Crippen LogP contribution in [0.25, 0.3) is 0 Å². The smallest absolute Gasteiger partial charge is 0.270 e. The molecule has 2 rings (SSSR count). The Morgan fingerprint density at radius 3 is 2.33 bits per heavy atom. The SMILES string of the molecule is CC(C)[Si](C#CC1CCCC(NC(=O)c2ccccn2)C1)(C(C)C)C(C)C. The molecule has 1 aliphatic rings. The van der Waals surface area contributed by atoms with Gasteiger partial charge in [-0.1, -0.05) is 54.0 Å². The minimum Gasteiger partial charge on any atom is -0.348 e. The van der Waals surface area contributed by atoms with E-state index >= 15 is 0 Å². The Morgan fingerprint density at radius 1 is 1.11 bits per heavy atom. The van der Waals surface area contributed by atoms with Crippen LogP contribution in [-0.4, -0.2) is 25.0 Å². The Kier molecular flexibility index (Phi) is 7.67. The van der Waals surface area contributed by atoms with Crippen LogP contribution in [-0.2, 0) is 0 Å². The number of hydrogen-bond acceptors (Lipinski definition) is 2. The molecule has 0 bridgehead atoms. The van der Waals surface area contributed by atoms with Gasteiger partial charge < -0.3 is 5.32 Å². The Balaban J connectivity index is 2.08. The number of hydrogen-bond donors (Lipinski definition) is 1. The molecule has 2 atom stereocenters. The molecule has 0 aromatic carbocycles. The average Bonchev–Trinajstić information content (AvgIpc) is 2.62. The zero-order valence-electron chi connectivity index (χ0n) is 17.9. The number of rotatable bonds is 5. The lowest BCUT2D eigenvalue weighted by atomic mass is 9.86. The number of nitrogens with one attached hydrogen (secondary N) is 1. The summed E-state index contributed by atoms with van der Waals surface area (Å²) in [5.41, 5.74) is 6.35. The molecule has 1 aromatic rings. The number of aromatic nitrogens is 1. The largest absolute Gasteiger partial charge is 0.348 e. The van der Waals surface area contributed by atoms with E-state index in [9.17, 15) is 4.79 Å². The maximum Gasteiger partial charge on any atom is 0.270 e. The van der Waals surface area contributed by atoms with Crippen LogP contribution >= 0.6 is 0 Å². The molecule has 1 aromatic heterocycles. The predicted molar refractivity (Wildman–Crippen MR) is 116 cm³/mol. The van der Waals surface area contributed by atoms with Crippen LogP contribution in [0.4, 0.5) is 0 Å². The maximum absolute atomic E-state index is 12.4. The molecule has 148 valence electrons. The van der Waals surface area contributed by atoms with E-state index in [1.54, 1.807) is 12.3 Å². The first-order chi connectivity index (χ1) is 12.8. The van der Waals surface area contributed by atoms with Crippen LogP contribution in [0.15, 0.2) is 24.4 Å². The van der Waals surface area contributed by atoms with Gasteiger partial charge >= 0.3 is 0 Å². The lowest BCUT2D eigenvalue weighted by molar-refractivity contribution is 0.0919. The zero-order chi connectivity index (χ0) is 20.0. The van der Waals surface area contributed by atoms with Crippen LogP contribution < -0.4 is 5.32 Å². The molecule has 3 nitrogen and oxygen atoms in total. The van der Waals surface area contributed by atoms with Crippen LogP contribution in [0.1, 0.15) is 77.7 Å².